The Balaban J connectivity index is 1.53. The van der Waals surface area contributed by atoms with Crippen LogP contribution in [0.3, 0.4) is 0 Å². The second-order valence-electron chi connectivity index (χ2n) is 8.38. The van der Waals surface area contributed by atoms with Crippen molar-refractivity contribution in [1.29, 1.82) is 0 Å². The van der Waals surface area contributed by atoms with E-state index in [0.717, 1.165) is 28.8 Å². The lowest BCUT2D eigenvalue weighted by atomic mass is 9.92. The zero-order chi connectivity index (χ0) is 23.5. The molecule has 0 radical (unpaired) electrons. The van der Waals surface area contributed by atoms with Crippen LogP contribution in [0, 0.1) is 0 Å². The quantitative estimate of drug-likeness (QED) is 0.422. The molecule has 174 valence electrons. The lowest BCUT2D eigenvalue weighted by molar-refractivity contribution is -0.132. The minimum absolute atomic E-state index is 0.0489. The van der Waals surface area contributed by atoms with Crippen molar-refractivity contribution in [1.82, 2.24) is 14.9 Å². The third-order valence-electron chi connectivity index (χ3n) is 6.35. The second kappa shape index (κ2) is 9.59. The van der Waals surface area contributed by atoms with Crippen LogP contribution in [0.2, 0.25) is 0 Å². The predicted molar refractivity (Wildman–Crippen MR) is 132 cm³/mol. The number of amides is 1. The summed E-state index contributed by atoms with van der Waals surface area (Å²) in [6.07, 6.45) is 4.66. The largest absolute Gasteiger partial charge is 0.490 e. The molecule has 2 aromatic carbocycles. The van der Waals surface area contributed by atoms with Gasteiger partial charge in [-0.05, 0) is 49.6 Å². The van der Waals surface area contributed by atoms with Crippen LogP contribution in [0.5, 0.6) is 11.5 Å². The number of hydrogen-bond donors (Lipinski definition) is 1. The van der Waals surface area contributed by atoms with Crippen LogP contribution in [-0.2, 0) is 17.6 Å². The van der Waals surface area contributed by atoms with Gasteiger partial charge in [0.05, 0.1) is 25.7 Å². The third-order valence-corrected chi connectivity index (χ3v) is 6.35. The molecule has 6 heteroatoms. The number of carbonyl (C=O) groups excluding carboxylic acids is 1. The van der Waals surface area contributed by atoms with Crippen molar-refractivity contribution in [3.63, 3.8) is 0 Å². The Bertz CT molecular complexity index is 1300. The fourth-order valence-corrected chi connectivity index (χ4v) is 4.94. The normalized spacial score (nSPS) is 15.2. The minimum atomic E-state index is -0.219. The van der Waals surface area contributed by atoms with Crippen LogP contribution in [-0.4, -0.2) is 40.5 Å². The van der Waals surface area contributed by atoms with E-state index in [2.05, 4.69) is 28.2 Å². The fourth-order valence-electron chi connectivity index (χ4n) is 4.94. The summed E-state index contributed by atoms with van der Waals surface area (Å²) in [5.41, 5.74) is 5.28. The number of aromatic amines is 1. The first-order chi connectivity index (χ1) is 16.7. The maximum absolute atomic E-state index is 13.8. The van der Waals surface area contributed by atoms with Crippen molar-refractivity contribution in [3.05, 3.63) is 89.4 Å². The highest BCUT2D eigenvalue weighted by Gasteiger charge is 2.35. The number of para-hydroxylation sites is 2. The Morgan fingerprint density at radius 2 is 1.91 bits per heavy atom. The first-order valence-corrected chi connectivity index (χ1v) is 11.9. The van der Waals surface area contributed by atoms with Gasteiger partial charge in [0.25, 0.3) is 0 Å². The van der Waals surface area contributed by atoms with Gasteiger partial charge in [0, 0.05) is 41.1 Å². The molecule has 4 aromatic rings. The molecule has 1 aliphatic rings. The summed E-state index contributed by atoms with van der Waals surface area (Å²) >= 11 is 0. The van der Waals surface area contributed by atoms with E-state index in [-0.39, 0.29) is 18.4 Å². The molecule has 2 aromatic heterocycles. The van der Waals surface area contributed by atoms with Gasteiger partial charge in [0.2, 0.25) is 5.91 Å². The number of ether oxygens (including phenoxy) is 2. The Hall–Kier alpha value is -3.80. The van der Waals surface area contributed by atoms with Gasteiger partial charge < -0.3 is 19.4 Å². The van der Waals surface area contributed by atoms with Crippen molar-refractivity contribution in [3.8, 4) is 11.5 Å². The van der Waals surface area contributed by atoms with Gasteiger partial charge in [-0.2, -0.15) is 0 Å². The van der Waals surface area contributed by atoms with Gasteiger partial charge in [-0.3, -0.25) is 9.78 Å². The summed E-state index contributed by atoms with van der Waals surface area (Å²) < 4.78 is 11.7. The van der Waals surface area contributed by atoms with Crippen LogP contribution < -0.4 is 9.47 Å². The van der Waals surface area contributed by atoms with Gasteiger partial charge >= 0.3 is 0 Å². The number of pyridine rings is 1. The molecule has 0 fully saturated rings. The second-order valence-corrected chi connectivity index (χ2v) is 8.38. The van der Waals surface area contributed by atoms with E-state index in [0.29, 0.717) is 31.3 Å². The van der Waals surface area contributed by atoms with E-state index in [1.165, 1.54) is 10.9 Å². The van der Waals surface area contributed by atoms with E-state index < -0.39 is 0 Å². The molecule has 1 N–H and O–H groups in total. The monoisotopic (exact) mass is 455 g/mol. The molecular formula is C28H29N3O3. The lowest BCUT2D eigenvalue weighted by Crippen LogP contribution is -2.41. The van der Waals surface area contributed by atoms with Crippen molar-refractivity contribution in [2.75, 3.05) is 19.8 Å². The molecule has 0 aliphatic carbocycles. The highest BCUT2D eigenvalue weighted by Crippen LogP contribution is 2.39. The molecule has 0 saturated carbocycles. The fraction of sp³-hybridized carbons (Fsp3) is 0.286. The lowest BCUT2D eigenvalue weighted by Gasteiger charge is -2.36. The maximum atomic E-state index is 13.8. The predicted octanol–water partition coefficient (Wildman–Crippen LogP) is 5.08. The summed E-state index contributed by atoms with van der Waals surface area (Å²) in [6.45, 7) is 5.57. The summed E-state index contributed by atoms with van der Waals surface area (Å²) in [6, 6.07) is 17.8. The van der Waals surface area contributed by atoms with Crippen LogP contribution in [0.15, 0.2) is 67.0 Å². The van der Waals surface area contributed by atoms with Gasteiger partial charge in [0.1, 0.15) is 0 Å². The first kappa shape index (κ1) is 22.0. The van der Waals surface area contributed by atoms with E-state index in [9.17, 15) is 4.79 Å². The van der Waals surface area contributed by atoms with Gasteiger partial charge in [-0.15, -0.1) is 0 Å². The maximum Gasteiger partial charge on any atom is 0.227 e. The number of benzene rings is 2. The van der Waals surface area contributed by atoms with Gasteiger partial charge in [-0.25, -0.2) is 0 Å². The van der Waals surface area contributed by atoms with Crippen LogP contribution in [0.4, 0.5) is 0 Å². The zero-order valence-corrected chi connectivity index (χ0v) is 19.6. The Kier molecular flexibility index (Phi) is 6.21. The van der Waals surface area contributed by atoms with Crippen LogP contribution in [0.25, 0.3) is 10.9 Å². The first-order valence-electron chi connectivity index (χ1n) is 11.9. The SMILES string of the molecule is CCOc1cccc(CC(=O)N2CCc3c([nH]c4ccccc34)[C@@H]2c2cccnc2)c1OCC. The third kappa shape index (κ3) is 4.00. The van der Waals surface area contributed by atoms with Crippen LogP contribution in [0.1, 0.15) is 42.3 Å². The standard InChI is InChI=1S/C28H29N3O3/c1-3-33-24-13-7-9-19(28(24)34-4-2)17-25(32)31-16-14-22-21-11-5-6-12-23(21)30-26(22)27(31)20-10-8-15-29-18-20/h5-13,15,18,27,30H,3-4,14,16-17H2,1-2H3/t27-/m0/s1. The van der Waals surface area contributed by atoms with E-state index in [1.54, 1.807) is 6.20 Å². The minimum Gasteiger partial charge on any atom is -0.490 e. The number of rotatable bonds is 7. The van der Waals surface area contributed by atoms with Gasteiger partial charge in [0.15, 0.2) is 11.5 Å². The number of H-pyrrole nitrogens is 1. The van der Waals surface area contributed by atoms with Crippen LogP contribution >= 0.6 is 0 Å². The van der Waals surface area contributed by atoms with Gasteiger partial charge in [-0.1, -0.05) is 36.4 Å². The molecule has 0 bridgehead atoms. The Morgan fingerprint density at radius 1 is 1.06 bits per heavy atom. The average molecular weight is 456 g/mol. The molecule has 0 unspecified atom stereocenters. The molecule has 1 atom stereocenters. The number of carbonyl (C=O) groups is 1. The molecule has 1 aliphatic heterocycles. The summed E-state index contributed by atoms with van der Waals surface area (Å²) in [5, 5.41) is 1.22. The molecule has 6 nitrogen and oxygen atoms in total. The number of nitrogens with one attached hydrogen (secondary N) is 1. The van der Waals surface area contributed by atoms with Crippen molar-refractivity contribution >= 4 is 16.8 Å². The molecule has 3 heterocycles. The number of hydrogen-bond acceptors (Lipinski definition) is 4. The highest BCUT2D eigenvalue weighted by molar-refractivity contribution is 5.87. The van der Waals surface area contributed by atoms with E-state index in [4.69, 9.17) is 9.47 Å². The topological polar surface area (TPSA) is 67.5 Å². The summed E-state index contributed by atoms with van der Waals surface area (Å²) in [5.74, 6) is 1.38. The number of aromatic nitrogens is 2. The van der Waals surface area contributed by atoms with E-state index in [1.807, 2.05) is 61.3 Å². The number of fused-ring (bicyclic) bond motifs is 3. The van der Waals surface area contributed by atoms with Crippen molar-refractivity contribution in [2.24, 2.45) is 0 Å². The summed E-state index contributed by atoms with van der Waals surface area (Å²) in [4.78, 5) is 23.7. The zero-order valence-electron chi connectivity index (χ0n) is 19.6. The van der Waals surface area contributed by atoms with E-state index >= 15 is 0 Å². The summed E-state index contributed by atoms with van der Waals surface area (Å²) in [7, 11) is 0. The smallest absolute Gasteiger partial charge is 0.227 e. The molecule has 0 spiro atoms. The molecule has 34 heavy (non-hydrogen) atoms. The molecule has 5 rings (SSSR count). The Labute approximate surface area is 199 Å². The average Bonchev–Trinajstić information content (AvgIpc) is 3.25. The van der Waals surface area contributed by atoms with Crippen molar-refractivity contribution in [2.45, 2.75) is 32.7 Å². The molecular weight excluding hydrogens is 426 g/mol. The highest BCUT2D eigenvalue weighted by atomic mass is 16.5. The molecule has 1 amide bonds. The molecule has 0 saturated heterocycles. The van der Waals surface area contributed by atoms with Crippen molar-refractivity contribution < 1.29 is 14.3 Å². The Morgan fingerprint density at radius 3 is 2.71 bits per heavy atom. The number of nitrogens with zero attached hydrogens (tertiary/aromatic N) is 2.